The summed E-state index contributed by atoms with van der Waals surface area (Å²) in [6.45, 7) is 3.82. The van der Waals surface area contributed by atoms with Crippen molar-refractivity contribution in [2.24, 2.45) is 0 Å². The maximum Gasteiger partial charge on any atom is 0.319 e. The van der Waals surface area contributed by atoms with Crippen molar-refractivity contribution in [3.05, 3.63) is 58.9 Å². The van der Waals surface area contributed by atoms with Crippen LogP contribution in [0, 0.1) is 6.92 Å². The Kier molecular flexibility index (Phi) is 4.58. The number of hydrogen-bond donors (Lipinski definition) is 2. The average molecular weight is 290 g/mol. The number of halogens is 1. The number of nitrogens with one attached hydrogen (secondary N) is 2. The fourth-order valence-corrected chi connectivity index (χ4v) is 2.08. The molecule has 0 fully saturated rings. The van der Waals surface area contributed by atoms with E-state index in [-0.39, 0.29) is 12.1 Å². The van der Waals surface area contributed by atoms with Gasteiger partial charge in [0.15, 0.2) is 0 Å². The summed E-state index contributed by atoms with van der Waals surface area (Å²) in [4.78, 5) is 15.9. The molecule has 0 spiro atoms. The first-order valence-corrected chi connectivity index (χ1v) is 6.67. The van der Waals surface area contributed by atoms with Gasteiger partial charge in [-0.2, -0.15) is 0 Å². The first-order valence-electron chi connectivity index (χ1n) is 6.30. The van der Waals surface area contributed by atoms with Gasteiger partial charge in [-0.3, -0.25) is 4.98 Å². The van der Waals surface area contributed by atoms with Crippen LogP contribution in [0.1, 0.15) is 24.1 Å². The largest absolute Gasteiger partial charge is 0.331 e. The van der Waals surface area contributed by atoms with Gasteiger partial charge in [-0.15, -0.1) is 0 Å². The van der Waals surface area contributed by atoms with Gasteiger partial charge in [0.05, 0.1) is 6.04 Å². The Bertz CT molecular complexity index is 601. The maximum absolute atomic E-state index is 12.0. The lowest BCUT2D eigenvalue weighted by molar-refractivity contribution is 0.249. The zero-order valence-corrected chi connectivity index (χ0v) is 12.1. The third kappa shape index (κ3) is 3.71. The summed E-state index contributed by atoms with van der Waals surface area (Å²) >= 11 is 5.88. The molecule has 2 amide bonds. The summed E-state index contributed by atoms with van der Waals surface area (Å²) in [5.41, 5.74) is 2.67. The molecule has 1 atom stereocenters. The third-order valence-electron chi connectivity index (χ3n) is 2.99. The highest BCUT2D eigenvalue weighted by Gasteiger charge is 2.10. The van der Waals surface area contributed by atoms with Crippen LogP contribution in [-0.2, 0) is 0 Å². The topological polar surface area (TPSA) is 54.0 Å². The Balaban J connectivity index is 1.99. The fraction of sp³-hybridized carbons (Fsp3) is 0.200. The lowest BCUT2D eigenvalue weighted by Crippen LogP contribution is -2.31. The van der Waals surface area contributed by atoms with Crippen LogP contribution in [0.5, 0.6) is 0 Å². The van der Waals surface area contributed by atoms with Crippen LogP contribution in [0.15, 0.2) is 42.7 Å². The highest BCUT2D eigenvalue weighted by Crippen LogP contribution is 2.19. The molecule has 0 bridgehead atoms. The second-order valence-electron chi connectivity index (χ2n) is 4.56. The van der Waals surface area contributed by atoms with E-state index >= 15 is 0 Å². The Morgan fingerprint density at radius 3 is 2.60 bits per heavy atom. The van der Waals surface area contributed by atoms with E-state index in [9.17, 15) is 4.79 Å². The van der Waals surface area contributed by atoms with Gasteiger partial charge >= 0.3 is 6.03 Å². The summed E-state index contributed by atoms with van der Waals surface area (Å²) in [5, 5.41) is 6.34. The van der Waals surface area contributed by atoms with Crippen molar-refractivity contribution in [2.45, 2.75) is 19.9 Å². The molecule has 20 heavy (non-hydrogen) atoms. The number of carbonyl (C=O) groups is 1. The summed E-state index contributed by atoms with van der Waals surface area (Å²) in [6, 6.07) is 8.75. The summed E-state index contributed by atoms with van der Waals surface area (Å²) in [5.74, 6) is 0. The van der Waals surface area contributed by atoms with Crippen molar-refractivity contribution in [1.29, 1.82) is 0 Å². The molecule has 0 aliphatic carbocycles. The molecule has 2 rings (SSSR count). The van der Waals surface area contributed by atoms with Crippen LogP contribution in [-0.4, -0.2) is 11.0 Å². The van der Waals surface area contributed by atoms with E-state index in [1.807, 2.05) is 32.0 Å². The van der Waals surface area contributed by atoms with E-state index < -0.39 is 0 Å². The van der Waals surface area contributed by atoms with E-state index in [4.69, 9.17) is 11.6 Å². The van der Waals surface area contributed by atoms with Gasteiger partial charge in [-0.05, 0) is 55.3 Å². The van der Waals surface area contributed by atoms with Crippen LogP contribution in [0.25, 0.3) is 0 Å². The molecule has 0 aliphatic rings. The molecule has 0 radical (unpaired) electrons. The van der Waals surface area contributed by atoms with Gasteiger partial charge in [-0.25, -0.2) is 4.79 Å². The molecule has 104 valence electrons. The minimum absolute atomic E-state index is 0.0920. The Morgan fingerprint density at radius 1 is 1.25 bits per heavy atom. The molecule has 2 aromatic rings. The van der Waals surface area contributed by atoms with Crippen molar-refractivity contribution in [3.63, 3.8) is 0 Å². The van der Waals surface area contributed by atoms with Crippen molar-refractivity contribution in [2.75, 3.05) is 5.32 Å². The number of aryl methyl sites for hydroxylation is 1. The number of carbonyl (C=O) groups excluding carboxylic acids is 1. The van der Waals surface area contributed by atoms with Crippen molar-refractivity contribution < 1.29 is 4.79 Å². The van der Waals surface area contributed by atoms with E-state index in [1.54, 1.807) is 24.5 Å². The molecule has 4 nitrogen and oxygen atoms in total. The minimum atomic E-state index is -0.250. The Morgan fingerprint density at radius 2 is 1.95 bits per heavy atom. The number of pyridine rings is 1. The monoisotopic (exact) mass is 289 g/mol. The molecule has 1 unspecified atom stereocenters. The van der Waals surface area contributed by atoms with Crippen molar-refractivity contribution >= 4 is 23.3 Å². The van der Waals surface area contributed by atoms with E-state index in [1.165, 1.54) is 0 Å². The number of urea groups is 1. The standard InChI is InChI=1S/C15H16ClN3O/c1-10-9-13(16)3-4-14(10)19-15(20)18-11(2)12-5-7-17-8-6-12/h3-9,11H,1-2H3,(H2,18,19,20). The first-order chi connectivity index (χ1) is 9.56. The quantitative estimate of drug-likeness (QED) is 0.899. The summed E-state index contributed by atoms with van der Waals surface area (Å²) in [7, 11) is 0. The van der Waals surface area contributed by atoms with Gasteiger partial charge < -0.3 is 10.6 Å². The van der Waals surface area contributed by atoms with E-state index in [2.05, 4.69) is 15.6 Å². The first kappa shape index (κ1) is 14.3. The highest BCUT2D eigenvalue weighted by atomic mass is 35.5. The molecule has 0 saturated carbocycles. The van der Waals surface area contributed by atoms with Crippen LogP contribution in [0.3, 0.4) is 0 Å². The number of nitrogens with zero attached hydrogens (tertiary/aromatic N) is 1. The zero-order chi connectivity index (χ0) is 14.5. The van der Waals surface area contributed by atoms with Gasteiger partial charge in [0, 0.05) is 23.1 Å². The average Bonchev–Trinajstić information content (AvgIpc) is 2.43. The molecule has 1 heterocycles. The molecule has 0 aliphatic heterocycles. The van der Waals surface area contributed by atoms with Crippen LogP contribution >= 0.6 is 11.6 Å². The number of aromatic nitrogens is 1. The molecular weight excluding hydrogens is 274 g/mol. The van der Waals surface area contributed by atoms with Crippen LogP contribution in [0.2, 0.25) is 5.02 Å². The molecular formula is C15H16ClN3O. The van der Waals surface area contributed by atoms with E-state index in [0.29, 0.717) is 5.02 Å². The van der Waals surface area contributed by atoms with Gasteiger partial charge in [0.25, 0.3) is 0 Å². The van der Waals surface area contributed by atoms with Gasteiger partial charge in [0.2, 0.25) is 0 Å². The molecule has 2 N–H and O–H groups in total. The minimum Gasteiger partial charge on any atom is -0.331 e. The Labute approximate surface area is 123 Å². The predicted molar refractivity (Wildman–Crippen MR) is 81.0 cm³/mol. The van der Waals surface area contributed by atoms with Crippen molar-refractivity contribution in [3.8, 4) is 0 Å². The highest BCUT2D eigenvalue weighted by molar-refractivity contribution is 6.30. The predicted octanol–water partition coefficient (Wildman–Crippen LogP) is 3.93. The maximum atomic E-state index is 12.0. The zero-order valence-electron chi connectivity index (χ0n) is 11.4. The normalized spacial score (nSPS) is 11.8. The van der Waals surface area contributed by atoms with Crippen LogP contribution < -0.4 is 10.6 Å². The summed E-state index contributed by atoms with van der Waals surface area (Å²) in [6.07, 6.45) is 3.41. The number of hydrogen-bond acceptors (Lipinski definition) is 2. The number of anilines is 1. The molecule has 1 aromatic carbocycles. The van der Waals surface area contributed by atoms with Gasteiger partial charge in [-0.1, -0.05) is 11.6 Å². The van der Waals surface area contributed by atoms with E-state index in [0.717, 1.165) is 16.8 Å². The van der Waals surface area contributed by atoms with Crippen LogP contribution in [0.4, 0.5) is 10.5 Å². The molecule has 5 heteroatoms. The molecule has 0 saturated heterocycles. The fourth-order valence-electron chi connectivity index (χ4n) is 1.86. The lowest BCUT2D eigenvalue weighted by Gasteiger charge is -2.15. The smallest absolute Gasteiger partial charge is 0.319 e. The van der Waals surface area contributed by atoms with Crippen molar-refractivity contribution in [1.82, 2.24) is 10.3 Å². The Hall–Kier alpha value is -2.07. The second-order valence-corrected chi connectivity index (χ2v) is 5.00. The number of amides is 2. The summed E-state index contributed by atoms with van der Waals surface area (Å²) < 4.78 is 0. The third-order valence-corrected chi connectivity index (χ3v) is 3.23. The SMILES string of the molecule is Cc1cc(Cl)ccc1NC(=O)NC(C)c1ccncc1. The second kappa shape index (κ2) is 6.39. The van der Waals surface area contributed by atoms with Gasteiger partial charge in [0.1, 0.15) is 0 Å². The number of rotatable bonds is 3. The lowest BCUT2D eigenvalue weighted by atomic mass is 10.1. The number of benzene rings is 1. The molecule has 1 aromatic heterocycles.